The molecule has 2 aromatic rings. The number of ether oxygens (including phenoxy) is 1. The monoisotopic (exact) mass is 364 g/mol. The van der Waals surface area contributed by atoms with Crippen molar-refractivity contribution in [2.75, 3.05) is 13.1 Å². The van der Waals surface area contributed by atoms with Gasteiger partial charge >= 0.3 is 5.97 Å². The third kappa shape index (κ3) is 3.96. The van der Waals surface area contributed by atoms with E-state index in [1.807, 2.05) is 0 Å². The highest BCUT2D eigenvalue weighted by atomic mass is 32.1. The van der Waals surface area contributed by atoms with Crippen LogP contribution in [0.5, 0.6) is 5.75 Å². The predicted molar refractivity (Wildman–Crippen MR) is 89.2 cm³/mol. The Morgan fingerprint density at radius 2 is 2.12 bits per heavy atom. The zero-order valence-corrected chi connectivity index (χ0v) is 14.4. The van der Waals surface area contributed by atoms with Crippen molar-refractivity contribution in [1.82, 2.24) is 9.88 Å². The maximum Gasteiger partial charge on any atom is 0.308 e. The van der Waals surface area contributed by atoms with Crippen molar-refractivity contribution in [2.45, 2.75) is 20.0 Å². The molecule has 1 aliphatic heterocycles. The molecule has 0 radical (unpaired) electrons. The van der Waals surface area contributed by atoms with Crippen LogP contribution >= 0.6 is 11.3 Å². The number of carboxylic acid groups (broad SMARTS) is 1. The van der Waals surface area contributed by atoms with E-state index in [9.17, 15) is 14.0 Å². The molecule has 0 bridgehead atoms. The van der Waals surface area contributed by atoms with Gasteiger partial charge in [-0.1, -0.05) is 0 Å². The second kappa shape index (κ2) is 7.18. The average molecular weight is 364 g/mol. The second-order valence-electron chi connectivity index (χ2n) is 5.84. The fourth-order valence-electron chi connectivity index (χ4n) is 2.68. The molecule has 8 heteroatoms. The van der Waals surface area contributed by atoms with E-state index < -0.39 is 11.9 Å². The Morgan fingerprint density at radius 1 is 1.40 bits per heavy atom. The first kappa shape index (κ1) is 17.3. The van der Waals surface area contributed by atoms with Crippen LogP contribution in [0.15, 0.2) is 24.3 Å². The number of nitrogens with zero attached hydrogens (tertiary/aromatic N) is 2. The van der Waals surface area contributed by atoms with Crippen LogP contribution in [-0.4, -0.2) is 40.0 Å². The van der Waals surface area contributed by atoms with Crippen LogP contribution in [0.25, 0.3) is 0 Å². The van der Waals surface area contributed by atoms with Crippen molar-refractivity contribution in [3.63, 3.8) is 0 Å². The van der Waals surface area contributed by atoms with Crippen LogP contribution in [-0.2, 0) is 11.4 Å². The number of amides is 1. The number of carbonyl (C=O) groups excluding carboxylic acids is 1. The molecule has 25 heavy (non-hydrogen) atoms. The number of rotatable bonds is 5. The second-order valence-corrected chi connectivity index (χ2v) is 6.92. The van der Waals surface area contributed by atoms with Crippen LogP contribution in [0.3, 0.4) is 0 Å². The number of hydrogen-bond donors (Lipinski definition) is 1. The number of carboxylic acids is 1. The Labute approximate surface area is 147 Å². The number of carbonyl (C=O) groups is 2. The molecule has 132 valence electrons. The molecule has 1 aromatic heterocycles. The van der Waals surface area contributed by atoms with E-state index in [1.165, 1.54) is 35.6 Å². The van der Waals surface area contributed by atoms with Gasteiger partial charge in [-0.3, -0.25) is 9.59 Å². The van der Waals surface area contributed by atoms with Gasteiger partial charge in [0.25, 0.3) is 5.91 Å². The van der Waals surface area contributed by atoms with E-state index in [1.54, 1.807) is 11.8 Å². The van der Waals surface area contributed by atoms with E-state index in [4.69, 9.17) is 9.84 Å². The van der Waals surface area contributed by atoms with Gasteiger partial charge in [-0.25, -0.2) is 9.37 Å². The lowest BCUT2D eigenvalue weighted by atomic mass is 10.1. The Hall–Kier alpha value is -2.48. The topological polar surface area (TPSA) is 79.7 Å². The van der Waals surface area contributed by atoms with Gasteiger partial charge in [0.05, 0.1) is 11.6 Å². The molecule has 1 saturated heterocycles. The highest BCUT2D eigenvalue weighted by molar-refractivity contribution is 7.13. The predicted octanol–water partition coefficient (Wildman–Crippen LogP) is 2.72. The van der Waals surface area contributed by atoms with Gasteiger partial charge in [0.1, 0.15) is 28.1 Å². The molecule has 6 nitrogen and oxygen atoms in total. The number of aliphatic carboxylic acids is 1. The van der Waals surface area contributed by atoms with Crippen LogP contribution < -0.4 is 4.74 Å². The maximum absolute atomic E-state index is 12.9. The van der Waals surface area contributed by atoms with Crippen molar-refractivity contribution in [1.29, 1.82) is 0 Å². The lowest BCUT2D eigenvalue weighted by Gasteiger charge is -2.14. The minimum Gasteiger partial charge on any atom is -0.486 e. The highest BCUT2D eigenvalue weighted by Gasteiger charge is 2.32. The fraction of sp³-hybridized carbons (Fsp3) is 0.353. The lowest BCUT2D eigenvalue weighted by molar-refractivity contribution is -0.141. The minimum atomic E-state index is -0.871. The molecular formula is C17H17FN2O4S. The summed E-state index contributed by atoms with van der Waals surface area (Å²) in [5, 5.41) is 9.69. The number of halogens is 1. The van der Waals surface area contributed by atoms with Crippen molar-refractivity contribution in [2.24, 2.45) is 5.92 Å². The fourth-order valence-corrected chi connectivity index (χ4v) is 3.62. The van der Waals surface area contributed by atoms with Crippen LogP contribution in [0.2, 0.25) is 0 Å². The quantitative estimate of drug-likeness (QED) is 0.882. The summed E-state index contributed by atoms with van der Waals surface area (Å²) >= 11 is 1.24. The Bertz CT molecular complexity index is 790. The van der Waals surface area contributed by atoms with Gasteiger partial charge in [-0.05, 0) is 37.6 Å². The van der Waals surface area contributed by atoms with E-state index >= 15 is 0 Å². The zero-order valence-electron chi connectivity index (χ0n) is 13.6. The van der Waals surface area contributed by atoms with Gasteiger partial charge in [0.2, 0.25) is 0 Å². The van der Waals surface area contributed by atoms with Crippen molar-refractivity contribution < 1.29 is 23.8 Å². The number of aromatic nitrogens is 1. The summed E-state index contributed by atoms with van der Waals surface area (Å²) < 4.78 is 18.4. The van der Waals surface area contributed by atoms with Crippen LogP contribution in [0.4, 0.5) is 4.39 Å². The van der Waals surface area contributed by atoms with Crippen LogP contribution in [0.1, 0.15) is 26.8 Å². The van der Waals surface area contributed by atoms with Crippen LogP contribution in [0, 0.1) is 18.7 Å². The van der Waals surface area contributed by atoms with E-state index in [0.29, 0.717) is 34.3 Å². The van der Waals surface area contributed by atoms with E-state index in [2.05, 4.69) is 4.98 Å². The van der Waals surface area contributed by atoms with Crippen molar-refractivity contribution in [3.8, 4) is 5.75 Å². The van der Waals surface area contributed by atoms with Gasteiger partial charge in [0, 0.05) is 13.1 Å². The van der Waals surface area contributed by atoms with E-state index in [0.717, 1.165) is 0 Å². The molecule has 0 spiro atoms. The van der Waals surface area contributed by atoms with Gasteiger partial charge in [-0.15, -0.1) is 11.3 Å². The molecule has 1 aliphatic rings. The molecule has 0 saturated carbocycles. The van der Waals surface area contributed by atoms with Gasteiger partial charge in [0.15, 0.2) is 0 Å². The SMILES string of the molecule is Cc1nc(COc2ccc(F)cc2)sc1C(=O)N1CCC(C(=O)O)C1. The molecule has 1 aromatic carbocycles. The van der Waals surface area contributed by atoms with Crippen molar-refractivity contribution in [3.05, 3.63) is 45.7 Å². The largest absolute Gasteiger partial charge is 0.486 e. The summed E-state index contributed by atoms with van der Waals surface area (Å²) in [5.74, 6) is -1.38. The Kier molecular flexibility index (Phi) is 4.98. The molecule has 1 unspecified atom stereocenters. The first-order valence-corrected chi connectivity index (χ1v) is 8.62. The smallest absolute Gasteiger partial charge is 0.308 e. The first-order chi connectivity index (χ1) is 11.9. The Morgan fingerprint density at radius 3 is 2.76 bits per heavy atom. The number of hydrogen-bond acceptors (Lipinski definition) is 5. The number of benzene rings is 1. The molecule has 1 atom stereocenters. The summed E-state index contributed by atoms with van der Waals surface area (Å²) in [6.45, 7) is 2.60. The highest BCUT2D eigenvalue weighted by Crippen LogP contribution is 2.25. The normalized spacial score (nSPS) is 16.9. The standard InChI is InChI=1S/C17H17FN2O4S/c1-10-15(16(21)20-7-6-11(8-20)17(22)23)25-14(19-10)9-24-13-4-2-12(18)3-5-13/h2-5,11H,6-9H2,1H3,(H,22,23). The maximum atomic E-state index is 12.9. The van der Waals surface area contributed by atoms with Crippen molar-refractivity contribution >= 4 is 23.2 Å². The third-order valence-electron chi connectivity index (χ3n) is 4.04. The van der Waals surface area contributed by atoms with Gasteiger partial charge in [-0.2, -0.15) is 0 Å². The zero-order chi connectivity index (χ0) is 18.0. The molecule has 2 heterocycles. The number of aryl methyl sites for hydroxylation is 1. The molecule has 1 fully saturated rings. The average Bonchev–Trinajstić information content (AvgIpc) is 3.21. The van der Waals surface area contributed by atoms with E-state index in [-0.39, 0.29) is 24.9 Å². The molecular weight excluding hydrogens is 347 g/mol. The van der Waals surface area contributed by atoms with Gasteiger partial charge < -0.3 is 14.7 Å². The number of thiazole rings is 1. The summed E-state index contributed by atoms with van der Waals surface area (Å²) in [5.41, 5.74) is 0.603. The Balaban J connectivity index is 1.64. The summed E-state index contributed by atoms with van der Waals surface area (Å²) in [6.07, 6.45) is 0.472. The summed E-state index contributed by atoms with van der Waals surface area (Å²) in [6, 6.07) is 5.67. The molecule has 0 aliphatic carbocycles. The molecule has 1 amide bonds. The lowest BCUT2D eigenvalue weighted by Crippen LogP contribution is -2.29. The third-order valence-corrected chi connectivity index (χ3v) is 5.15. The molecule has 3 rings (SSSR count). The first-order valence-electron chi connectivity index (χ1n) is 7.81. The summed E-state index contributed by atoms with van der Waals surface area (Å²) in [4.78, 5) is 30.0. The minimum absolute atomic E-state index is 0.183. The number of likely N-dealkylation sites (tertiary alicyclic amines) is 1. The summed E-state index contributed by atoms with van der Waals surface area (Å²) in [7, 11) is 0. The molecule has 1 N–H and O–H groups in total.